The standard InChI is InChI=1S/C12H14N4O2S/c1-3-18-11(17)9-4-8(13)5-14-10(9)16-12-15-7(2)6-19-12/h4-6H,3,13H2,1-2H3,(H,14,15,16). The van der Waals surface area contributed by atoms with Crippen molar-refractivity contribution in [2.24, 2.45) is 0 Å². The fourth-order valence-electron chi connectivity index (χ4n) is 1.46. The number of carbonyl (C=O) groups is 1. The van der Waals surface area contributed by atoms with Gasteiger partial charge in [0.2, 0.25) is 0 Å². The number of hydrogen-bond donors (Lipinski definition) is 2. The normalized spacial score (nSPS) is 10.2. The van der Waals surface area contributed by atoms with Crippen molar-refractivity contribution < 1.29 is 9.53 Å². The first-order chi connectivity index (χ1) is 9.10. The van der Waals surface area contributed by atoms with Gasteiger partial charge in [-0.25, -0.2) is 14.8 Å². The Balaban J connectivity index is 2.31. The van der Waals surface area contributed by atoms with Crippen LogP contribution in [0.15, 0.2) is 17.6 Å². The van der Waals surface area contributed by atoms with E-state index in [1.165, 1.54) is 23.6 Å². The van der Waals surface area contributed by atoms with E-state index in [4.69, 9.17) is 10.5 Å². The van der Waals surface area contributed by atoms with E-state index in [0.29, 0.717) is 28.8 Å². The van der Waals surface area contributed by atoms with E-state index in [0.717, 1.165) is 5.69 Å². The SMILES string of the molecule is CCOC(=O)c1cc(N)cnc1Nc1nc(C)cs1. The molecule has 0 aliphatic rings. The van der Waals surface area contributed by atoms with E-state index in [9.17, 15) is 4.79 Å². The third-order valence-electron chi connectivity index (χ3n) is 2.25. The lowest BCUT2D eigenvalue weighted by Gasteiger charge is -2.09. The molecule has 0 spiro atoms. The van der Waals surface area contributed by atoms with E-state index in [-0.39, 0.29) is 0 Å². The van der Waals surface area contributed by atoms with Crippen LogP contribution in [0.1, 0.15) is 23.0 Å². The van der Waals surface area contributed by atoms with Gasteiger partial charge in [0.25, 0.3) is 0 Å². The lowest BCUT2D eigenvalue weighted by molar-refractivity contribution is 0.0527. The highest BCUT2D eigenvalue weighted by atomic mass is 32.1. The van der Waals surface area contributed by atoms with Gasteiger partial charge in [-0.2, -0.15) is 0 Å². The number of thiazole rings is 1. The van der Waals surface area contributed by atoms with E-state index < -0.39 is 5.97 Å². The summed E-state index contributed by atoms with van der Waals surface area (Å²) in [6.45, 7) is 3.93. The minimum atomic E-state index is -0.460. The number of pyridine rings is 1. The number of nitrogens with two attached hydrogens (primary N) is 1. The average Bonchev–Trinajstić information content (AvgIpc) is 2.77. The summed E-state index contributed by atoms with van der Waals surface area (Å²) < 4.78 is 4.98. The van der Waals surface area contributed by atoms with Crippen LogP contribution < -0.4 is 11.1 Å². The molecule has 0 aliphatic heterocycles. The zero-order chi connectivity index (χ0) is 13.8. The summed E-state index contributed by atoms with van der Waals surface area (Å²) in [5.41, 5.74) is 7.26. The van der Waals surface area contributed by atoms with Gasteiger partial charge in [0.1, 0.15) is 11.4 Å². The van der Waals surface area contributed by atoms with Crippen LogP contribution in [0.5, 0.6) is 0 Å². The van der Waals surface area contributed by atoms with E-state index in [1.54, 1.807) is 6.92 Å². The first-order valence-electron chi connectivity index (χ1n) is 5.72. The summed E-state index contributed by atoms with van der Waals surface area (Å²) in [4.78, 5) is 20.2. The van der Waals surface area contributed by atoms with Crippen LogP contribution in [-0.2, 0) is 4.74 Å². The number of nitrogens with zero attached hydrogens (tertiary/aromatic N) is 2. The molecule has 0 saturated heterocycles. The number of nitrogen functional groups attached to an aromatic ring is 1. The summed E-state index contributed by atoms with van der Waals surface area (Å²) in [6, 6.07) is 1.54. The Hall–Kier alpha value is -2.15. The summed E-state index contributed by atoms with van der Waals surface area (Å²) >= 11 is 1.44. The zero-order valence-corrected chi connectivity index (χ0v) is 11.5. The molecule has 2 heterocycles. The summed E-state index contributed by atoms with van der Waals surface area (Å²) in [6.07, 6.45) is 1.48. The molecule has 0 fully saturated rings. The zero-order valence-electron chi connectivity index (χ0n) is 10.6. The minimum Gasteiger partial charge on any atom is -0.462 e. The van der Waals surface area contributed by atoms with E-state index in [1.807, 2.05) is 12.3 Å². The van der Waals surface area contributed by atoms with Crippen LogP contribution >= 0.6 is 11.3 Å². The molecule has 2 rings (SSSR count). The van der Waals surface area contributed by atoms with Crippen LogP contribution in [0.25, 0.3) is 0 Å². The van der Waals surface area contributed by atoms with Gasteiger partial charge < -0.3 is 15.8 Å². The largest absolute Gasteiger partial charge is 0.462 e. The molecule has 0 aromatic carbocycles. The lowest BCUT2D eigenvalue weighted by atomic mass is 10.2. The van der Waals surface area contributed by atoms with Gasteiger partial charge in [0.15, 0.2) is 5.13 Å². The van der Waals surface area contributed by atoms with Crippen LogP contribution in [0.2, 0.25) is 0 Å². The van der Waals surface area contributed by atoms with Gasteiger partial charge in [-0.3, -0.25) is 0 Å². The van der Waals surface area contributed by atoms with E-state index in [2.05, 4.69) is 15.3 Å². The highest BCUT2D eigenvalue weighted by Crippen LogP contribution is 2.23. The molecular formula is C12H14N4O2S. The second-order valence-corrected chi connectivity index (χ2v) is 4.66. The molecule has 0 radical (unpaired) electrons. The van der Waals surface area contributed by atoms with Crippen molar-refractivity contribution in [3.05, 3.63) is 28.9 Å². The molecule has 19 heavy (non-hydrogen) atoms. The number of esters is 1. The number of hydrogen-bond acceptors (Lipinski definition) is 7. The second-order valence-electron chi connectivity index (χ2n) is 3.80. The number of carbonyl (C=O) groups excluding carboxylic acids is 1. The first-order valence-corrected chi connectivity index (χ1v) is 6.60. The minimum absolute atomic E-state index is 0.295. The van der Waals surface area contributed by atoms with Gasteiger partial charge in [0.05, 0.1) is 24.2 Å². The van der Waals surface area contributed by atoms with Gasteiger partial charge in [0, 0.05) is 5.38 Å². The van der Waals surface area contributed by atoms with Crippen molar-refractivity contribution in [3.63, 3.8) is 0 Å². The summed E-state index contributed by atoms with van der Waals surface area (Å²) in [7, 11) is 0. The Morgan fingerprint density at radius 1 is 1.58 bits per heavy atom. The number of rotatable bonds is 4. The highest BCUT2D eigenvalue weighted by molar-refractivity contribution is 7.13. The van der Waals surface area contributed by atoms with Gasteiger partial charge in [-0.1, -0.05) is 0 Å². The van der Waals surface area contributed by atoms with Crippen molar-refractivity contribution in [1.29, 1.82) is 0 Å². The number of nitrogens with one attached hydrogen (secondary N) is 1. The maximum Gasteiger partial charge on any atom is 0.341 e. The Bertz CT molecular complexity index is 597. The van der Waals surface area contributed by atoms with Crippen LogP contribution in [0.3, 0.4) is 0 Å². The molecule has 0 amide bonds. The third kappa shape index (κ3) is 3.19. The monoisotopic (exact) mass is 278 g/mol. The molecule has 3 N–H and O–H groups in total. The fraction of sp³-hybridized carbons (Fsp3) is 0.250. The quantitative estimate of drug-likeness (QED) is 0.834. The Morgan fingerprint density at radius 3 is 3.00 bits per heavy atom. The van der Waals surface area contributed by atoms with E-state index >= 15 is 0 Å². The average molecular weight is 278 g/mol. The molecule has 0 unspecified atom stereocenters. The molecule has 2 aromatic heterocycles. The molecule has 100 valence electrons. The molecule has 0 saturated carbocycles. The maximum atomic E-state index is 11.8. The first kappa shape index (κ1) is 13.3. The number of aromatic nitrogens is 2. The van der Waals surface area contributed by atoms with Crippen molar-refractivity contribution in [2.75, 3.05) is 17.7 Å². The Kier molecular flexibility index (Phi) is 3.96. The predicted octanol–water partition coefficient (Wildman–Crippen LogP) is 2.35. The molecule has 2 aromatic rings. The number of aryl methyl sites for hydroxylation is 1. The van der Waals surface area contributed by atoms with Crippen LogP contribution in [0, 0.1) is 6.92 Å². The van der Waals surface area contributed by atoms with Crippen molar-refractivity contribution in [3.8, 4) is 0 Å². The number of ether oxygens (including phenoxy) is 1. The molecule has 0 bridgehead atoms. The van der Waals surface area contributed by atoms with Crippen molar-refractivity contribution >= 4 is 33.9 Å². The van der Waals surface area contributed by atoms with Crippen LogP contribution in [-0.4, -0.2) is 22.5 Å². The Labute approximate surface area is 114 Å². The molecular weight excluding hydrogens is 264 g/mol. The maximum absolute atomic E-state index is 11.8. The molecule has 0 aliphatic carbocycles. The fourth-order valence-corrected chi connectivity index (χ4v) is 2.14. The highest BCUT2D eigenvalue weighted by Gasteiger charge is 2.15. The van der Waals surface area contributed by atoms with Gasteiger partial charge in [-0.05, 0) is 19.9 Å². The molecule has 0 atom stereocenters. The van der Waals surface area contributed by atoms with Crippen molar-refractivity contribution in [1.82, 2.24) is 9.97 Å². The Morgan fingerprint density at radius 2 is 2.37 bits per heavy atom. The summed E-state index contributed by atoms with van der Waals surface area (Å²) in [5.74, 6) is -0.0694. The van der Waals surface area contributed by atoms with Gasteiger partial charge in [-0.15, -0.1) is 11.3 Å². The smallest absolute Gasteiger partial charge is 0.341 e. The van der Waals surface area contributed by atoms with Gasteiger partial charge >= 0.3 is 5.97 Å². The second kappa shape index (κ2) is 5.66. The molecule has 7 heteroatoms. The third-order valence-corrected chi connectivity index (χ3v) is 3.12. The number of anilines is 3. The summed E-state index contributed by atoms with van der Waals surface area (Å²) in [5, 5.41) is 5.57. The van der Waals surface area contributed by atoms with Crippen molar-refractivity contribution in [2.45, 2.75) is 13.8 Å². The topological polar surface area (TPSA) is 90.1 Å². The molecule has 6 nitrogen and oxygen atoms in total. The van der Waals surface area contributed by atoms with Crippen LogP contribution in [0.4, 0.5) is 16.6 Å². The predicted molar refractivity (Wildman–Crippen MR) is 74.7 cm³/mol. The lowest BCUT2D eigenvalue weighted by Crippen LogP contribution is -2.10.